The van der Waals surface area contributed by atoms with Crippen LogP contribution in [0.3, 0.4) is 0 Å². The third kappa shape index (κ3) is 3.79. The van der Waals surface area contributed by atoms with Gasteiger partial charge in [0.25, 0.3) is 0 Å². The number of rotatable bonds is 5. The molecule has 1 aliphatic rings. The number of fused-ring (bicyclic) bond motifs is 1. The van der Waals surface area contributed by atoms with E-state index in [1.54, 1.807) is 18.2 Å². The zero-order valence-corrected chi connectivity index (χ0v) is 18.5. The summed E-state index contributed by atoms with van der Waals surface area (Å²) in [4.78, 5) is 25.6. The number of para-hydroxylation sites is 1. The molecule has 0 saturated heterocycles. The van der Waals surface area contributed by atoms with Gasteiger partial charge in [-0.1, -0.05) is 12.1 Å². The van der Waals surface area contributed by atoms with Crippen molar-refractivity contribution in [1.82, 2.24) is 9.97 Å². The number of aromatic nitrogens is 2. The molecule has 31 heavy (non-hydrogen) atoms. The Bertz CT molecular complexity index is 1110. The van der Waals surface area contributed by atoms with Crippen LogP contribution in [-0.2, 0) is 4.79 Å². The van der Waals surface area contributed by atoms with Gasteiger partial charge in [-0.15, -0.1) is 0 Å². The lowest BCUT2D eigenvalue weighted by atomic mass is 10.0. The Morgan fingerprint density at radius 2 is 1.87 bits per heavy atom. The first-order valence-electron chi connectivity index (χ1n) is 10.3. The quantitative estimate of drug-likeness (QED) is 0.660. The van der Waals surface area contributed by atoms with E-state index < -0.39 is 0 Å². The van der Waals surface area contributed by atoms with Crippen molar-refractivity contribution in [3.8, 4) is 17.0 Å². The lowest BCUT2D eigenvalue weighted by Crippen LogP contribution is -2.53. The molecule has 7 heteroatoms. The minimum absolute atomic E-state index is 0.0924. The predicted octanol–water partition coefficient (Wildman–Crippen LogP) is 4.48. The molecule has 1 aliphatic heterocycles. The van der Waals surface area contributed by atoms with E-state index in [0.29, 0.717) is 5.95 Å². The Hall–Kier alpha value is -3.61. The van der Waals surface area contributed by atoms with Gasteiger partial charge in [0.15, 0.2) is 0 Å². The number of methoxy groups -OCH3 is 1. The summed E-state index contributed by atoms with van der Waals surface area (Å²) in [6.07, 6.45) is 1.73. The first-order valence-corrected chi connectivity index (χ1v) is 10.3. The van der Waals surface area contributed by atoms with Gasteiger partial charge >= 0.3 is 0 Å². The summed E-state index contributed by atoms with van der Waals surface area (Å²) in [5.41, 5.74) is 4.44. The zero-order valence-electron chi connectivity index (χ0n) is 18.5. The molecule has 0 radical (unpaired) electrons. The van der Waals surface area contributed by atoms with Gasteiger partial charge in [-0.2, -0.15) is 0 Å². The summed E-state index contributed by atoms with van der Waals surface area (Å²) in [7, 11) is 3.47. The summed E-state index contributed by atoms with van der Waals surface area (Å²) < 4.78 is 5.46. The molecule has 7 nitrogen and oxygen atoms in total. The number of nitrogens with zero attached hydrogens (tertiary/aromatic N) is 4. The molecule has 0 fully saturated rings. The summed E-state index contributed by atoms with van der Waals surface area (Å²) in [5.74, 6) is 1.35. The van der Waals surface area contributed by atoms with E-state index in [1.807, 2.05) is 62.5 Å². The van der Waals surface area contributed by atoms with Gasteiger partial charge in [0.1, 0.15) is 11.8 Å². The van der Waals surface area contributed by atoms with Crippen molar-refractivity contribution in [3.63, 3.8) is 0 Å². The molecule has 0 bridgehead atoms. The first-order chi connectivity index (χ1) is 14.9. The van der Waals surface area contributed by atoms with Gasteiger partial charge in [-0.25, -0.2) is 9.97 Å². The van der Waals surface area contributed by atoms with E-state index in [4.69, 9.17) is 4.74 Å². The molecule has 0 spiro atoms. The van der Waals surface area contributed by atoms with E-state index in [0.717, 1.165) is 34.1 Å². The maximum atomic E-state index is 12.6. The normalized spacial score (nSPS) is 15.8. The monoisotopic (exact) mass is 417 g/mol. The Labute approximate surface area is 182 Å². The lowest BCUT2D eigenvalue weighted by molar-refractivity contribution is -0.119. The molecule has 2 heterocycles. The minimum Gasteiger partial charge on any atom is -0.496 e. The maximum absolute atomic E-state index is 12.6. The van der Waals surface area contributed by atoms with Gasteiger partial charge < -0.3 is 19.9 Å². The number of hydrogen-bond acceptors (Lipinski definition) is 6. The van der Waals surface area contributed by atoms with Crippen molar-refractivity contribution in [1.29, 1.82) is 0 Å². The number of nitrogens with one attached hydrogen (secondary N) is 1. The largest absolute Gasteiger partial charge is 0.496 e. The highest BCUT2D eigenvalue weighted by molar-refractivity contribution is 6.05. The van der Waals surface area contributed by atoms with Crippen LogP contribution in [-0.4, -0.2) is 42.1 Å². The SMILES string of the molecule is COc1ccccc1-c1ccnc(Nc2ccc3c(c2)N(C(C)C)[C@H](C)C(=O)N3C)n1. The lowest BCUT2D eigenvalue weighted by Gasteiger charge is -2.42. The Morgan fingerprint density at radius 1 is 1.10 bits per heavy atom. The van der Waals surface area contributed by atoms with Crippen LogP contribution in [0.25, 0.3) is 11.3 Å². The summed E-state index contributed by atoms with van der Waals surface area (Å²) in [6, 6.07) is 15.5. The zero-order chi connectivity index (χ0) is 22.1. The number of anilines is 4. The molecular weight excluding hydrogens is 390 g/mol. The van der Waals surface area contributed by atoms with Crippen molar-refractivity contribution < 1.29 is 9.53 Å². The Balaban J connectivity index is 1.68. The third-order valence-electron chi connectivity index (χ3n) is 5.57. The van der Waals surface area contributed by atoms with Crippen LogP contribution in [0, 0.1) is 0 Å². The fourth-order valence-electron chi connectivity index (χ4n) is 4.10. The van der Waals surface area contributed by atoms with Gasteiger partial charge in [-0.3, -0.25) is 4.79 Å². The second-order valence-corrected chi connectivity index (χ2v) is 7.87. The smallest absolute Gasteiger partial charge is 0.249 e. The highest BCUT2D eigenvalue weighted by Crippen LogP contribution is 2.39. The molecule has 2 aromatic carbocycles. The molecule has 0 aliphatic carbocycles. The second-order valence-electron chi connectivity index (χ2n) is 7.87. The summed E-state index contributed by atoms with van der Waals surface area (Å²) >= 11 is 0. The van der Waals surface area contributed by atoms with Crippen LogP contribution in [0.4, 0.5) is 23.0 Å². The van der Waals surface area contributed by atoms with E-state index in [-0.39, 0.29) is 18.0 Å². The Morgan fingerprint density at radius 3 is 2.61 bits per heavy atom. The van der Waals surface area contributed by atoms with Crippen LogP contribution in [0.1, 0.15) is 20.8 Å². The molecule has 0 unspecified atom stereocenters. The van der Waals surface area contributed by atoms with Crippen molar-refractivity contribution in [2.45, 2.75) is 32.9 Å². The highest BCUT2D eigenvalue weighted by atomic mass is 16.5. The summed E-state index contributed by atoms with van der Waals surface area (Å²) in [5, 5.41) is 3.31. The average Bonchev–Trinajstić information content (AvgIpc) is 2.77. The minimum atomic E-state index is -0.224. The number of hydrogen-bond donors (Lipinski definition) is 1. The van der Waals surface area contributed by atoms with E-state index in [2.05, 4.69) is 34.0 Å². The van der Waals surface area contributed by atoms with Gasteiger partial charge in [0.2, 0.25) is 11.9 Å². The number of carbonyl (C=O) groups is 1. The van der Waals surface area contributed by atoms with E-state index in [1.165, 1.54) is 0 Å². The van der Waals surface area contributed by atoms with E-state index in [9.17, 15) is 4.79 Å². The molecule has 1 aromatic heterocycles. The molecule has 0 saturated carbocycles. The van der Waals surface area contributed by atoms with Crippen molar-refractivity contribution in [2.75, 3.05) is 29.3 Å². The summed E-state index contributed by atoms with van der Waals surface area (Å²) in [6.45, 7) is 6.14. The molecule has 160 valence electrons. The molecule has 1 N–H and O–H groups in total. The van der Waals surface area contributed by atoms with Crippen molar-refractivity contribution >= 4 is 28.9 Å². The molecule has 1 atom stereocenters. The number of likely N-dealkylation sites (N-methyl/N-ethyl adjacent to an activating group) is 1. The molecule has 4 rings (SSSR count). The van der Waals surface area contributed by atoms with Gasteiger partial charge in [0, 0.05) is 30.5 Å². The number of amides is 1. The van der Waals surface area contributed by atoms with Crippen molar-refractivity contribution in [2.24, 2.45) is 0 Å². The maximum Gasteiger partial charge on any atom is 0.249 e. The number of benzene rings is 2. The number of carbonyl (C=O) groups excluding carboxylic acids is 1. The average molecular weight is 418 g/mol. The fourth-order valence-corrected chi connectivity index (χ4v) is 4.10. The molecule has 1 amide bonds. The number of ether oxygens (including phenoxy) is 1. The molecule has 3 aromatic rings. The topological polar surface area (TPSA) is 70.6 Å². The standard InChI is InChI=1S/C24H27N5O2/c1-15(2)29-16(3)23(30)28(4)20-11-10-17(14-21(20)29)26-24-25-13-12-19(27-24)18-8-6-7-9-22(18)31-5/h6-16H,1-5H3,(H,25,26,27)/t16-/m1/s1. The van der Waals surface area contributed by atoms with Crippen LogP contribution in [0.15, 0.2) is 54.7 Å². The van der Waals surface area contributed by atoms with Crippen LogP contribution >= 0.6 is 0 Å². The van der Waals surface area contributed by atoms with Gasteiger partial charge in [0.05, 0.1) is 24.2 Å². The fraction of sp³-hybridized carbons (Fsp3) is 0.292. The van der Waals surface area contributed by atoms with E-state index >= 15 is 0 Å². The third-order valence-corrected chi connectivity index (χ3v) is 5.57. The predicted molar refractivity (Wildman–Crippen MR) is 124 cm³/mol. The van der Waals surface area contributed by atoms with Gasteiger partial charge in [-0.05, 0) is 57.2 Å². The molecular formula is C24H27N5O2. The van der Waals surface area contributed by atoms with Crippen molar-refractivity contribution in [3.05, 3.63) is 54.7 Å². The second kappa shape index (κ2) is 8.26. The van der Waals surface area contributed by atoms with Crippen LogP contribution in [0.2, 0.25) is 0 Å². The Kier molecular flexibility index (Phi) is 5.50. The van der Waals surface area contributed by atoms with Crippen LogP contribution in [0.5, 0.6) is 5.75 Å². The highest BCUT2D eigenvalue weighted by Gasteiger charge is 2.34. The first kappa shape index (κ1) is 20.7. The van der Waals surface area contributed by atoms with Crippen LogP contribution < -0.4 is 19.9 Å².